The number of nitrogens with one attached hydrogen (secondary N) is 1. The molecule has 0 saturated heterocycles. The third-order valence-corrected chi connectivity index (χ3v) is 4.13. The molecule has 2 rings (SSSR count). The molecule has 1 aromatic carbocycles. The highest BCUT2D eigenvalue weighted by Gasteiger charge is 2.19. The summed E-state index contributed by atoms with van der Waals surface area (Å²) in [7, 11) is -4.40. The fraction of sp³-hybridized carbons (Fsp3) is 0.500. The quantitative estimate of drug-likeness (QED) is 0.306. The van der Waals surface area contributed by atoms with E-state index < -0.39 is 12.6 Å². The molecule has 126 valence electrons. The summed E-state index contributed by atoms with van der Waals surface area (Å²) in [5.74, 6) is 0. The summed E-state index contributed by atoms with van der Waals surface area (Å²) in [5.41, 5.74) is 0.779. The Morgan fingerprint density at radius 2 is 1.96 bits per heavy atom. The minimum absolute atomic E-state index is 0.0849. The first-order valence-electron chi connectivity index (χ1n) is 7.03. The standard InChI is InChI=1S/C12H16FN4O5P/c13-23(20,21)8-4-2-1-3-7-14-9-5-6-10(17(18)19)12-11(9)15-22-16-12/h5-6,14H,1-4,7-8H2,(H,20,21). The van der Waals surface area contributed by atoms with E-state index >= 15 is 0 Å². The van der Waals surface area contributed by atoms with Gasteiger partial charge in [-0.2, -0.15) is 4.20 Å². The molecular weight excluding hydrogens is 330 g/mol. The molecule has 0 aliphatic heterocycles. The molecule has 1 atom stereocenters. The van der Waals surface area contributed by atoms with E-state index in [1.54, 1.807) is 0 Å². The molecule has 1 aromatic heterocycles. The van der Waals surface area contributed by atoms with E-state index in [4.69, 9.17) is 4.89 Å². The Hall–Kier alpha value is -2.06. The van der Waals surface area contributed by atoms with Gasteiger partial charge in [-0.3, -0.25) is 14.7 Å². The van der Waals surface area contributed by atoms with E-state index in [1.807, 2.05) is 0 Å². The molecule has 2 N–H and O–H groups in total. The van der Waals surface area contributed by atoms with Crippen LogP contribution in [0, 0.1) is 10.1 Å². The normalized spacial score (nSPS) is 13.8. The molecule has 0 bridgehead atoms. The molecule has 9 nitrogen and oxygen atoms in total. The highest BCUT2D eigenvalue weighted by atomic mass is 31.2. The first-order valence-corrected chi connectivity index (χ1v) is 8.77. The molecule has 0 fully saturated rings. The van der Waals surface area contributed by atoms with Gasteiger partial charge in [-0.25, -0.2) is 4.63 Å². The van der Waals surface area contributed by atoms with Crippen LogP contribution in [0.4, 0.5) is 15.6 Å². The lowest BCUT2D eigenvalue weighted by molar-refractivity contribution is -0.383. The Bertz CT molecular complexity index is 731. The Morgan fingerprint density at radius 1 is 1.26 bits per heavy atom. The van der Waals surface area contributed by atoms with Crippen molar-refractivity contribution in [2.45, 2.75) is 25.7 Å². The van der Waals surface area contributed by atoms with E-state index in [1.165, 1.54) is 12.1 Å². The van der Waals surface area contributed by atoms with Gasteiger partial charge in [0.1, 0.15) is 0 Å². The maximum Gasteiger partial charge on any atom is 0.365 e. The van der Waals surface area contributed by atoms with Crippen LogP contribution in [0.2, 0.25) is 0 Å². The molecule has 0 amide bonds. The molecule has 0 radical (unpaired) electrons. The van der Waals surface area contributed by atoms with Crippen LogP contribution in [-0.2, 0) is 4.57 Å². The van der Waals surface area contributed by atoms with E-state index in [0.717, 1.165) is 12.8 Å². The topological polar surface area (TPSA) is 131 Å². The highest BCUT2D eigenvalue weighted by molar-refractivity contribution is 7.52. The molecule has 2 aromatic rings. The number of non-ortho nitro benzene ring substituents is 1. The summed E-state index contributed by atoms with van der Waals surface area (Å²) >= 11 is 0. The smallest absolute Gasteiger partial charge is 0.365 e. The fourth-order valence-electron chi connectivity index (χ4n) is 2.15. The van der Waals surface area contributed by atoms with Gasteiger partial charge in [0, 0.05) is 12.6 Å². The minimum Gasteiger partial charge on any atom is -0.383 e. The largest absolute Gasteiger partial charge is 0.383 e. The minimum atomic E-state index is -4.40. The number of nitro groups is 1. The van der Waals surface area contributed by atoms with Gasteiger partial charge >= 0.3 is 13.4 Å². The number of rotatable bonds is 9. The van der Waals surface area contributed by atoms with E-state index in [2.05, 4.69) is 20.3 Å². The number of hydrogen-bond donors (Lipinski definition) is 2. The Balaban J connectivity index is 1.82. The molecular formula is C12H16FN4O5P. The lowest BCUT2D eigenvalue weighted by Crippen LogP contribution is -2.03. The van der Waals surface area contributed by atoms with Crippen LogP contribution < -0.4 is 5.32 Å². The van der Waals surface area contributed by atoms with Crippen molar-refractivity contribution < 1.29 is 23.2 Å². The number of benzene rings is 1. The van der Waals surface area contributed by atoms with Gasteiger partial charge in [-0.05, 0) is 29.2 Å². The van der Waals surface area contributed by atoms with Gasteiger partial charge in [0.05, 0.1) is 16.8 Å². The summed E-state index contributed by atoms with van der Waals surface area (Å²) in [5, 5.41) is 21.2. The molecule has 11 heteroatoms. The molecule has 0 aliphatic rings. The summed E-state index contributed by atoms with van der Waals surface area (Å²) < 4.78 is 27.4. The van der Waals surface area contributed by atoms with Crippen LogP contribution in [0.1, 0.15) is 25.7 Å². The van der Waals surface area contributed by atoms with Gasteiger partial charge in [-0.15, -0.1) is 0 Å². The second kappa shape index (κ2) is 7.47. The number of nitrogens with zero attached hydrogens (tertiary/aromatic N) is 3. The third-order valence-electron chi connectivity index (χ3n) is 3.27. The Kier molecular flexibility index (Phi) is 5.62. The second-order valence-electron chi connectivity index (χ2n) is 5.03. The maximum atomic E-state index is 12.4. The zero-order valence-electron chi connectivity index (χ0n) is 12.1. The van der Waals surface area contributed by atoms with Crippen LogP contribution in [0.15, 0.2) is 16.8 Å². The molecule has 23 heavy (non-hydrogen) atoms. The highest BCUT2D eigenvalue weighted by Crippen LogP contribution is 2.42. The van der Waals surface area contributed by atoms with E-state index in [9.17, 15) is 18.9 Å². The van der Waals surface area contributed by atoms with Crippen molar-refractivity contribution in [3.63, 3.8) is 0 Å². The number of unbranched alkanes of at least 4 members (excludes halogenated alkanes) is 3. The van der Waals surface area contributed by atoms with Crippen LogP contribution >= 0.6 is 7.68 Å². The first-order chi connectivity index (χ1) is 10.9. The number of nitro benzene ring substituents is 1. The first kappa shape index (κ1) is 17.3. The third kappa shape index (κ3) is 4.97. The van der Waals surface area contributed by atoms with Crippen molar-refractivity contribution >= 4 is 30.1 Å². The predicted octanol–water partition coefficient (Wildman–Crippen LogP) is 3.26. The number of aromatic nitrogens is 2. The predicted molar refractivity (Wildman–Crippen MR) is 81.2 cm³/mol. The second-order valence-corrected chi connectivity index (χ2v) is 6.71. The molecule has 1 heterocycles. The average molecular weight is 346 g/mol. The van der Waals surface area contributed by atoms with Crippen LogP contribution in [0.25, 0.3) is 11.0 Å². The van der Waals surface area contributed by atoms with Crippen LogP contribution in [0.3, 0.4) is 0 Å². The fourth-order valence-corrected chi connectivity index (χ4v) is 2.77. The Labute approximate surface area is 130 Å². The number of anilines is 1. The van der Waals surface area contributed by atoms with E-state index in [-0.39, 0.29) is 22.9 Å². The van der Waals surface area contributed by atoms with E-state index in [0.29, 0.717) is 25.1 Å². The van der Waals surface area contributed by atoms with Gasteiger partial charge in [0.15, 0.2) is 5.52 Å². The zero-order chi connectivity index (χ0) is 16.9. The SMILES string of the molecule is O=[N+]([O-])c1ccc(NCCCCCCP(=O)(O)F)c2nonc12. The number of hydrogen-bond acceptors (Lipinski definition) is 7. The summed E-state index contributed by atoms with van der Waals surface area (Å²) in [4.78, 5) is 18.8. The molecule has 0 spiro atoms. The Morgan fingerprint density at radius 3 is 2.65 bits per heavy atom. The van der Waals surface area contributed by atoms with Gasteiger partial charge in [0.25, 0.3) is 0 Å². The van der Waals surface area contributed by atoms with Gasteiger partial charge in [0.2, 0.25) is 5.52 Å². The van der Waals surface area contributed by atoms with Crippen molar-refractivity contribution in [1.29, 1.82) is 0 Å². The van der Waals surface area contributed by atoms with Gasteiger partial charge in [-0.1, -0.05) is 12.8 Å². The monoisotopic (exact) mass is 346 g/mol. The number of fused-ring (bicyclic) bond motifs is 1. The van der Waals surface area contributed by atoms with Crippen molar-refractivity contribution in [3.05, 3.63) is 22.2 Å². The zero-order valence-corrected chi connectivity index (χ0v) is 13.0. The molecule has 1 unspecified atom stereocenters. The summed E-state index contributed by atoms with van der Waals surface area (Å²) in [6, 6.07) is 2.87. The lowest BCUT2D eigenvalue weighted by atomic mass is 10.2. The molecule has 0 saturated carbocycles. The van der Waals surface area contributed by atoms with Crippen molar-refractivity contribution in [2.24, 2.45) is 0 Å². The van der Waals surface area contributed by atoms with Crippen molar-refractivity contribution in [2.75, 3.05) is 18.0 Å². The lowest BCUT2D eigenvalue weighted by Gasteiger charge is -2.06. The van der Waals surface area contributed by atoms with Gasteiger partial charge < -0.3 is 10.2 Å². The number of halogens is 1. The maximum absolute atomic E-state index is 12.4. The average Bonchev–Trinajstić information content (AvgIpc) is 2.94. The summed E-state index contributed by atoms with van der Waals surface area (Å²) in [6.07, 6.45) is 2.22. The van der Waals surface area contributed by atoms with Crippen molar-refractivity contribution in [1.82, 2.24) is 10.3 Å². The van der Waals surface area contributed by atoms with Crippen molar-refractivity contribution in [3.8, 4) is 0 Å². The van der Waals surface area contributed by atoms with Crippen LogP contribution in [-0.4, -0.2) is 32.8 Å². The van der Waals surface area contributed by atoms with Crippen LogP contribution in [0.5, 0.6) is 0 Å². The molecule has 0 aliphatic carbocycles. The summed E-state index contributed by atoms with van der Waals surface area (Å²) in [6.45, 7) is 0.576.